The molecule has 0 saturated heterocycles. The monoisotopic (exact) mass is 239 g/mol. The van der Waals surface area contributed by atoms with Crippen molar-refractivity contribution >= 4 is 5.78 Å². The predicted molar refractivity (Wildman–Crippen MR) is 72.9 cm³/mol. The van der Waals surface area contributed by atoms with Crippen molar-refractivity contribution < 1.29 is 4.79 Å². The van der Waals surface area contributed by atoms with Gasteiger partial charge in [0.1, 0.15) is 0 Å². The van der Waals surface area contributed by atoms with E-state index in [1.807, 2.05) is 13.0 Å². The van der Waals surface area contributed by atoms with Crippen LogP contribution in [0.1, 0.15) is 32.7 Å². The van der Waals surface area contributed by atoms with Crippen molar-refractivity contribution in [1.82, 2.24) is 4.98 Å². The number of ketones is 1. The zero-order valence-electron chi connectivity index (χ0n) is 11.0. The second-order valence-electron chi connectivity index (χ2n) is 4.78. The van der Waals surface area contributed by atoms with Crippen LogP contribution in [0, 0.1) is 20.8 Å². The highest BCUT2D eigenvalue weighted by Crippen LogP contribution is 2.12. The summed E-state index contributed by atoms with van der Waals surface area (Å²) in [5.41, 5.74) is 5.09. The first-order valence-corrected chi connectivity index (χ1v) is 6.07. The lowest BCUT2D eigenvalue weighted by Crippen LogP contribution is -2.04. The molecule has 0 radical (unpaired) electrons. The molecule has 0 N–H and O–H groups in total. The summed E-state index contributed by atoms with van der Waals surface area (Å²) in [6.45, 7) is 6.00. The number of hydrogen-bond acceptors (Lipinski definition) is 2. The highest BCUT2D eigenvalue weighted by atomic mass is 16.1. The summed E-state index contributed by atoms with van der Waals surface area (Å²) in [5.74, 6) is 0.144. The first-order chi connectivity index (χ1) is 8.54. The van der Waals surface area contributed by atoms with Gasteiger partial charge in [0.05, 0.1) is 0 Å². The summed E-state index contributed by atoms with van der Waals surface area (Å²) >= 11 is 0. The Morgan fingerprint density at radius 1 is 1.06 bits per heavy atom. The van der Waals surface area contributed by atoms with Gasteiger partial charge in [-0.25, -0.2) is 0 Å². The van der Waals surface area contributed by atoms with Gasteiger partial charge < -0.3 is 0 Å². The third-order valence-electron chi connectivity index (χ3n) is 2.86. The second-order valence-corrected chi connectivity index (χ2v) is 4.78. The van der Waals surface area contributed by atoms with Crippen molar-refractivity contribution in [2.45, 2.75) is 27.2 Å². The maximum atomic E-state index is 12.2. The van der Waals surface area contributed by atoms with E-state index >= 15 is 0 Å². The standard InChI is InChI=1S/C16H17NO/c1-11-6-12(2)8-14(7-11)10-16(18)15-4-5-17-13(3)9-15/h4-9H,10H2,1-3H3. The minimum absolute atomic E-state index is 0.144. The average Bonchev–Trinajstić information content (AvgIpc) is 2.27. The summed E-state index contributed by atoms with van der Waals surface area (Å²) in [6.07, 6.45) is 2.13. The first kappa shape index (κ1) is 12.5. The molecule has 0 aliphatic heterocycles. The lowest BCUT2D eigenvalue weighted by atomic mass is 10.00. The predicted octanol–water partition coefficient (Wildman–Crippen LogP) is 3.43. The molecule has 0 amide bonds. The van der Waals surface area contributed by atoms with Crippen LogP contribution >= 0.6 is 0 Å². The van der Waals surface area contributed by atoms with Crippen molar-refractivity contribution in [3.8, 4) is 0 Å². The minimum atomic E-state index is 0.144. The molecule has 2 heteroatoms. The van der Waals surface area contributed by atoms with Gasteiger partial charge in [0.2, 0.25) is 0 Å². The van der Waals surface area contributed by atoms with E-state index in [9.17, 15) is 4.79 Å². The SMILES string of the molecule is Cc1cc(C)cc(CC(=O)c2ccnc(C)c2)c1. The van der Waals surface area contributed by atoms with E-state index in [4.69, 9.17) is 0 Å². The van der Waals surface area contributed by atoms with Crippen LogP contribution in [0.15, 0.2) is 36.5 Å². The molecule has 1 aromatic heterocycles. The van der Waals surface area contributed by atoms with Crippen LogP contribution in [-0.2, 0) is 6.42 Å². The van der Waals surface area contributed by atoms with Gasteiger partial charge in [-0.05, 0) is 38.5 Å². The lowest BCUT2D eigenvalue weighted by Gasteiger charge is -2.05. The summed E-state index contributed by atoms with van der Waals surface area (Å²) in [7, 11) is 0. The minimum Gasteiger partial charge on any atom is -0.294 e. The normalized spacial score (nSPS) is 10.4. The van der Waals surface area contributed by atoms with Gasteiger partial charge in [-0.2, -0.15) is 0 Å². The number of aryl methyl sites for hydroxylation is 3. The Balaban J connectivity index is 2.21. The average molecular weight is 239 g/mol. The molecule has 2 nitrogen and oxygen atoms in total. The van der Waals surface area contributed by atoms with E-state index in [0.717, 1.165) is 16.8 Å². The number of carbonyl (C=O) groups is 1. The van der Waals surface area contributed by atoms with Crippen LogP contribution in [-0.4, -0.2) is 10.8 Å². The lowest BCUT2D eigenvalue weighted by molar-refractivity contribution is 0.0993. The molecule has 18 heavy (non-hydrogen) atoms. The van der Waals surface area contributed by atoms with Crippen molar-refractivity contribution in [2.24, 2.45) is 0 Å². The topological polar surface area (TPSA) is 30.0 Å². The highest BCUT2D eigenvalue weighted by molar-refractivity contribution is 5.97. The molecule has 1 aromatic carbocycles. The fraction of sp³-hybridized carbons (Fsp3) is 0.250. The van der Waals surface area contributed by atoms with E-state index in [2.05, 4.69) is 37.0 Å². The molecule has 0 unspecified atom stereocenters. The molecule has 0 spiro atoms. The number of aromatic nitrogens is 1. The number of pyridine rings is 1. The van der Waals surface area contributed by atoms with E-state index < -0.39 is 0 Å². The zero-order chi connectivity index (χ0) is 13.1. The quantitative estimate of drug-likeness (QED) is 0.768. The fourth-order valence-electron chi connectivity index (χ4n) is 2.18. The molecular weight excluding hydrogens is 222 g/mol. The zero-order valence-corrected chi connectivity index (χ0v) is 11.0. The Kier molecular flexibility index (Phi) is 3.56. The summed E-state index contributed by atoms with van der Waals surface area (Å²) in [5, 5.41) is 0. The molecule has 0 fully saturated rings. The van der Waals surface area contributed by atoms with Crippen LogP contribution in [0.5, 0.6) is 0 Å². The summed E-state index contributed by atoms with van der Waals surface area (Å²) < 4.78 is 0. The maximum Gasteiger partial charge on any atom is 0.167 e. The van der Waals surface area contributed by atoms with Crippen molar-refractivity contribution in [3.05, 3.63) is 64.5 Å². The third kappa shape index (κ3) is 3.04. The van der Waals surface area contributed by atoms with E-state index in [0.29, 0.717) is 6.42 Å². The smallest absolute Gasteiger partial charge is 0.167 e. The van der Waals surface area contributed by atoms with E-state index in [1.165, 1.54) is 11.1 Å². The molecule has 0 saturated carbocycles. The van der Waals surface area contributed by atoms with Crippen LogP contribution in [0.2, 0.25) is 0 Å². The third-order valence-corrected chi connectivity index (χ3v) is 2.86. The van der Waals surface area contributed by atoms with Crippen LogP contribution < -0.4 is 0 Å². The molecule has 1 heterocycles. The van der Waals surface area contributed by atoms with E-state index in [-0.39, 0.29) is 5.78 Å². The van der Waals surface area contributed by atoms with Crippen LogP contribution in [0.25, 0.3) is 0 Å². The Hall–Kier alpha value is -1.96. The Labute approximate surface area is 108 Å². The second kappa shape index (κ2) is 5.13. The molecule has 0 aliphatic carbocycles. The van der Waals surface area contributed by atoms with Crippen molar-refractivity contribution in [3.63, 3.8) is 0 Å². The highest BCUT2D eigenvalue weighted by Gasteiger charge is 2.08. The molecule has 2 rings (SSSR count). The number of rotatable bonds is 3. The maximum absolute atomic E-state index is 12.2. The molecule has 0 atom stereocenters. The molecule has 92 valence electrons. The molecule has 2 aromatic rings. The molecule has 0 bridgehead atoms. The van der Waals surface area contributed by atoms with Gasteiger partial charge in [-0.1, -0.05) is 29.3 Å². The van der Waals surface area contributed by atoms with Crippen LogP contribution in [0.4, 0.5) is 0 Å². The van der Waals surface area contributed by atoms with Crippen LogP contribution in [0.3, 0.4) is 0 Å². The Morgan fingerprint density at radius 2 is 1.72 bits per heavy atom. The Bertz CT molecular complexity index is 567. The largest absolute Gasteiger partial charge is 0.294 e. The molecule has 0 aliphatic rings. The van der Waals surface area contributed by atoms with Gasteiger partial charge >= 0.3 is 0 Å². The number of nitrogens with zero attached hydrogens (tertiary/aromatic N) is 1. The van der Waals surface area contributed by atoms with E-state index in [1.54, 1.807) is 12.3 Å². The van der Waals surface area contributed by atoms with Gasteiger partial charge in [0, 0.05) is 23.9 Å². The van der Waals surface area contributed by atoms with Crippen molar-refractivity contribution in [1.29, 1.82) is 0 Å². The first-order valence-electron chi connectivity index (χ1n) is 6.07. The number of benzene rings is 1. The molecular formula is C16H17NO. The summed E-state index contributed by atoms with van der Waals surface area (Å²) in [6, 6.07) is 9.87. The summed E-state index contributed by atoms with van der Waals surface area (Å²) in [4.78, 5) is 16.3. The van der Waals surface area contributed by atoms with Gasteiger partial charge in [-0.3, -0.25) is 9.78 Å². The van der Waals surface area contributed by atoms with Gasteiger partial charge in [0.25, 0.3) is 0 Å². The number of Topliss-reactive ketones (excluding diaryl/α,β-unsaturated/α-hetero) is 1. The van der Waals surface area contributed by atoms with Crippen molar-refractivity contribution in [2.75, 3.05) is 0 Å². The fourth-order valence-corrected chi connectivity index (χ4v) is 2.18. The number of hydrogen-bond donors (Lipinski definition) is 0. The van der Waals surface area contributed by atoms with Gasteiger partial charge in [0.15, 0.2) is 5.78 Å². The number of carbonyl (C=O) groups excluding carboxylic acids is 1. The van der Waals surface area contributed by atoms with Gasteiger partial charge in [-0.15, -0.1) is 0 Å². The Morgan fingerprint density at radius 3 is 2.33 bits per heavy atom.